The van der Waals surface area contributed by atoms with Crippen LogP contribution in [-0.2, 0) is 12.4 Å². The summed E-state index contributed by atoms with van der Waals surface area (Å²) in [6, 6.07) is 6.22. The minimum atomic E-state index is 0.498. The molecule has 0 aromatic carbocycles. The van der Waals surface area contributed by atoms with Gasteiger partial charge in [0, 0.05) is 35.6 Å². The molecule has 0 atom stereocenters. The van der Waals surface area contributed by atoms with Crippen molar-refractivity contribution in [2.75, 3.05) is 11.9 Å². The molecule has 0 amide bonds. The molecule has 2 rings (SSSR count). The standard InChI is InChI=1S/C12H13ClN2S/c1-15(9-11-3-2-6-16-11)12-4-5-14-8-10(12)7-13/h2-6,8H,7,9H2,1H3. The van der Waals surface area contributed by atoms with Gasteiger partial charge in [0.2, 0.25) is 0 Å². The number of rotatable bonds is 4. The van der Waals surface area contributed by atoms with Crippen LogP contribution in [0.5, 0.6) is 0 Å². The molecule has 0 radical (unpaired) electrons. The van der Waals surface area contributed by atoms with Crippen molar-refractivity contribution in [3.8, 4) is 0 Å². The van der Waals surface area contributed by atoms with Crippen LogP contribution >= 0.6 is 22.9 Å². The topological polar surface area (TPSA) is 16.1 Å². The highest BCUT2D eigenvalue weighted by atomic mass is 35.5. The van der Waals surface area contributed by atoms with Crippen LogP contribution in [0.3, 0.4) is 0 Å². The number of pyridine rings is 1. The molecule has 16 heavy (non-hydrogen) atoms. The molecule has 4 heteroatoms. The van der Waals surface area contributed by atoms with Crippen molar-refractivity contribution in [1.82, 2.24) is 4.98 Å². The number of alkyl halides is 1. The lowest BCUT2D eigenvalue weighted by Gasteiger charge is -2.20. The maximum Gasteiger partial charge on any atom is 0.0519 e. The van der Waals surface area contributed by atoms with Gasteiger partial charge in [-0.05, 0) is 17.5 Å². The van der Waals surface area contributed by atoms with Gasteiger partial charge in [0.15, 0.2) is 0 Å². The van der Waals surface area contributed by atoms with E-state index < -0.39 is 0 Å². The molecule has 0 spiro atoms. The second-order valence-electron chi connectivity index (χ2n) is 3.57. The van der Waals surface area contributed by atoms with Gasteiger partial charge in [-0.2, -0.15) is 0 Å². The third kappa shape index (κ3) is 2.54. The summed E-state index contributed by atoms with van der Waals surface area (Å²) in [5.74, 6) is 0.498. The lowest BCUT2D eigenvalue weighted by molar-refractivity contribution is 0.928. The normalized spacial score (nSPS) is 10.4. The van der Waals surface area contributed by atoms with E-state index in [1.165, 1.54) is 4.88 Å². The zero-order valence-corrected chi connectivity index (χ0v) is 10.6. The van der Waals surface area contributed by atoms with Crippen molar-refractivity contribution in [3.63, 3.8) is 0 Å². The number of anilines is 1. The molecule has 0 saturated carbocycles. The van der Waals surface area contributed by atoms with Crippen LogP contribution in [0.2, 0.25) is 0 Å². The van der Waals surface area contributed by atoms with Crippen LogP contribution in [-0.4, -0.2) is 12.0 Å². The molecule has 0 aliphatic carbocycles. The molecule has 0 aliphatic heterocycles. The Labute approximate surface area is 105 Å². The predicted octanol–water partition coefficient (Wildman–Crippen LogP) is 3.52. The fourth-order valence-corrected chi connectivity index (χ4v) is 2.58. The Kier molecular flexibility index (Phi) is 3.80. The van der Waals surface area contributed by atoms with Gasteiger partial charge in [0.05, 0.1) is 12.4 Å². The van der Waals surface area contributed by atoms with Gasteiger partial charge in [-0.15, -0.1) is 22.9 Å². The van der Waals surface area contributed by atoms with Crippen LogP contribution in [0.15, 0.2) is 36.0 Å². The summed E-state index contributed by atoms with van der Waals surface area (Å²) < 4.78 is 0. The minimum Gasteiger partial charge on any atom is -0.369 e. The van der Waals surface area contributed by atoms with Crippen molar-refractivity contribution in [2.24, 2.45) is 0 Å². The van der Waals surface area contributed by atoms with Crippen LogP contribution in [0, 0.1) is 0 Å². The van der Waals surface area contributed by atoms with Crippen molar-refractivity contribution >= 4 is 28.6 Å². The van der Waals surface area contributed by atoms with E-state index >= 15 is 0 Å². The molecule has 0 bridgehead atoms. The monoisotopic (exact) mass is 252 g/mol. The summed E-state index contributed by atoms with van der Waals surface area (Å²) in [5.41, 5.74) is 2.22. The fourth-order valence-electron chi connectivity index (χ4n) is 1.62. The van der Waals surface area contributed by atoms with E-state index in [0.717, 1.165) is 17.8 Å². The first-order chi connectivity index (χ1) is 7.81. The van der Waals surface area contributed by atoms with E-state index in [0.29, 0.717) is 5.88 Å². The molecular formula is C12H13ClN2S. The van der Waals surface area contributed by atoms with Gasteiger partial charge in [-0.25, -0.2) is 0 Å². The second kappa shape index (κ2) is 5.32. The van der Waals surface area contributed by atoms with Gasteiger partial charge in [0.25, 0.3) is 0 Å². The number of hydrogen-bond acceptors (Lipinski definition) is 3. The molecule has 0 unspecified atom stereocenters. The molecule has 2 nitrogen and oxygen atoms in total. The van der Waals surface area contributed by atoms with E-state index in [9.17, 15) is 0 Å². The summed E-state index contributed by atoms with van der Waals surface area (Å²) >= 11 is 7.66. The quantitative estimate of drug-likeness (QED) is 0.774. The number of thiophene rings is 1. The lowest BCUT2D eigenvalue weighted by Crippen LogP contribution is -2.17. The molecule has 0 saturated heterocycles. The molecule has 2 heterocycles. The van der Waals surface area contributed by atoms with Crippen LogP contribution < -0.4 is 4.90 Å². The molecule has 84 valence electrons. The van der Waals surface area contributed by atoms with Gasteiger partial charge >= 0.3 is 0 Å². The Balaban J connectivity index is 2.17. The van der Waals surface area contributed by atoms with Gasteiger partial charge < -0.3 is 4.90 Å². The highest BCUT2D eigenvalue weighted by Crippen LogP contribution is 2.22. The highest BCUT2D eigenvalue weighted by Gasteiger charge is 2.07. The molecular weight excluding hydrogens is 240 g/mol. The number of hydrogen-bond donors (Lipinski definition) is 0. The summed E-state index contributed by atoms with van der Waals surface area (Å²) in [6.45, 7) is 0.908. The number of halogens is 1. The van der Waals surface area contributed by atoms with Crippen LogP contribution in [0.4, 0.5) is 5.69 Å². The van der Waals surface area contributed by atoms with Crippen LogP contribution in [0.25, 0.3) is 0 Å². The lowest BCUT2D eigenvalue weighted by atomic mass is 10.2. The molecule has 0 aliphatic rings. The van der Waals surface area contributed by atoms with E-state index in [-0.39, 0.29) is 0 Å². The van der Waals surface area contributed by atoms with Gasteiger partial charge in [0.1, 0.15) is 0 Å². The third-order valence-electron chi connectivity index (χ3n) is 2.41. The molecule has 0 fully saturated rings. The van der Waals surface area contributed by atoms with Crippen LogP contribution in [0.1, 0.15) is 10.4 Å². The van der Waals surface area contributed by atoms with E-state index in [1.807, 2.05) is 12.3 Å². The Morgan fingerprint density at radius 2 is 2.31 bits per heavy atom. The molecule has 2 aromatic heterocycles. The SMILES string of the molecule is CN(Cc1cccs1)c1ccncc1CCl. The zero-order valence-electron chi connectivity index (χ0n) is 9.06. The number of aromatic nitrogens is 1. The Hall–Kier alpha value is -1.06. The smallest absolute Gasteiger partial charge is 0.0519 e. The summed E-state index contributed by atoms with van der Waals surface area (Å²) in [5, 5.41) is 2.10. The van der Waals surface area contributed by atoms with E-state index in [1.54, 1.807) is 17.5 Å². The second-order valence-corrected chi connectivity index (χ2v) is 4.87. The van der Waals surface area contributed by atoms with Gasteiger partial charge in [-0.3, -0.25) is 4.98 Å². The van der Waals surface area contributed by atoms with Crippen molar-refractivity contribution in [3.05, 3.63) is 46.4 Å². The molecule has 2 aromatic rings. The maximum absolute atomic E-state index is 5.89. The first kappa shape index (κ1) is 11.4. The number of nitrogens with zero attached hydrogens (tertiary/aromatic N) is 2. The largest absolute Gasteiger partial charge is 0.369 e. The third-order valence-corrected chi connectivity index (χ3v) is 3.56. The minimum absolute atomic E-state index is 0.498. The maximum atomic E-state index is 5.89. The molecule has 0 N–H and O–H groups in total. The van der Waals surface area contributed by atoms with Crippen molar-refractivity contribution < 1.29 is 0 Å². The predicted molar refractivity (Wildman–Crippen MR) is 70.2 cm³/mol. The zero-order chi connectivity index (χ0) is 11.4. The summed E-state index contributed by atoms with van der Waals surface area (Å²) in [7, 11) is 2.07. The average molecular weight is 253 g/mol. The highest BCUT2D eigenvalue weighted by molar-refractivity contribution is 7.09. The first-order valence-corrected chi connectivity index (χ1v) is 6.45. The Morgan fingerprint density at radius 3 is 3.00 bits per heavy atom. The summed E-state index contributed by atoms with van der Waals surface area (Å²) in [6.07, 6.45) is 3.63. The Bertz CT molecular complexity index is 442. The van der Waals surface area contributed by atoms with E-state index in [2.05, 4.69) is 34.4 Å². The summed E-state index contributed by atoms with van der Waals surface area (Å²) in [4.78, 5) is 7.63. The van der Waals surface area contributed by atoms with Crippen molar-refractivity contribution in [2.45, 2.75) is 12.4 Å². The van der Waals surface area contributed by atoms with E-state index in [4.69, 9.17) is 11.6 Å². The van der Waals surface area contributed by atoms with Crippen molar-refractivity contribution in [1.29, 1.82) is 0 Å². The first-order valence-electron chi connectivity index (χ1n) is 5.03. The van der Waals surface area contributed by atoms with Gasteiger partial charge in [-0.1, -0.05) is 6.07 Å². The Morgan fingerprint density at radius 1 is 1.44 bits per heavy atom. The average Bonchev–Trinajstić information content (AvgIpc) is 2.81. The fraction of sp³-hybridized carbons (Fsp3) is 0.250.